The smallest absolute Gasteiger partial charge is 0.318 e. The van der Waals surface area contributed by atoms with Gasteiger partial charge in [-0.2, -0.15) is 0 Å². The molecule has 3 nitrogen and oxygen atoms in total. The summed E-state index contributed by atoms with van der Waals surface area (Å²) in [6.45, 7) is 2.40. The molecule has 1 atom stereocenters. The number of aromatic nitrogens is 1. The Hall–Kier alpha value is -2.27. The predicted octanol–water partition coefficient (Wildman–Crippen LogP) is 4.48. The normalized spacial score (nSPS) is 12.3. The van der Waals surface area contributed by atoms with Gasteiger partial charge in [-0.15, -0.1) is 11.8 Å². The lowest BCUT2D eigenvalue weighted by molar-refractivity contribution is -0.139. The molecule has 0 amide bonds. The maximum Gasteiger partial charge on any atom is 0.318 e. The predicted molar refractivity (Wildman–Crippen MR) is 94.8 cm³/mol. The van der Waals surface area contributed by atoms with Crippen molar-refractivity contribution in [3.8, 4) is 0 Å². The van der Waals surface area contributed by atoms with E-state index in [9.17, 15) is 9.18 Å². The third-order valence-corrected chi connectivity index (χ3v) is 4.96. The molecule has 0 saturated heterocycles. The Morgan fingerprint density at radius 2 is 2.04 bits per heavy atom. The van der Waals surface area contributed by atoms with Crippen molar-refractivity contribution < 1.29 is 13.9 Å². The van der Waals surface area contributed by atoms with Crippen LogP contribution in [-0.4, -0.2) is 22.9 Å². The first-order valence-electron chi connectivity index (χ1n) is 7.65. The van der Waals surface area contributed by atoms with Crippen LogP contribution < -0.4 is 0 Å². The summed E-state index contributed by atoms with van der Waals surface area (Å²) in [5.41, 5.74) is 1.95. The summed E-state index contributed by atoms with van der Waals surface area (Å²) in [7, 11) is 1.40. The molecule has 0 aliphatic carbocycles. The number of hydrogen-bond donors (Lipinski definition) is 0. The lowest BCUT2D eigenvalue weighted by Gasteiger charge is -2.07. The van der Waals surface area contributed by atoms with Crippen molar-refractivity contribution in [3.05, 3.63) is 66.1 Å². The summed E-state index contributed by atoms with van der Waals surface area (Å²) >= 11 is 1.47. The zero-order valence-electron chi connectivity index (χ0n) is 13.5. The fraction of sp³-hybridized carbons (Fsp3) is 0.211. The quantitative estimate of drug-likeness (QED) is 0.505. The van der Waals surface area contributed by atoms with Gasteiger partial charge in [-0.25, -0.2) is 4.39 Å². The van der Waals surface area contributed by atoms with E-state index in [-0.39, 0.29) is 17.0 Å². The minimum Gasteiger partial charge on any atom is -0.468 e. The second kappa shape index (κ2) is 7.09. The molecule has 0 saturated carbocycles. The molecule has 1 aromatic heterocycles. The van der Waals surface area contributed by atoms with Gasteiger partial charge < -0.3 is 9.30 Å². The van der Waals surface area contributed by atoms with Crippen molar-refractivity contribution in [2.24, 2.45) is 0 Å². The van der Waals surface area contributed by atoms with Gasteiger partial charge in [-0.1, -0.05) is 30.3 Å². The van der Waals surface area contributed by atoms with E-state index in [1.807, 2.05) is 43.5 Å². The molecule has 0 radical (unpaired) electrons. The first kappa shape index (κ1) is 16.6. The molecule has 24 heavy (non-hydrogen) atoms. The Kier molecular flexibility index (Phi) is 4.90. The zero-order valence-corrected chi connectivity index (χ0v) is 14.3. The molecular formula is C19H18FNO2S. The van der Waals surface area contributed by atoms with Gasteiger partial charge in [0.25, 0.3) is 0 Å². The van der Waals surface area contributed by atoms with Gasteiger partial charge in [-0.3, -0.25) is 4.79 Å². The van der Waals surface area contributed by atoms with Crippen LogP contribution in [0.15, 0.2) is 59.6 Å². The van der Waals surface area contributed by atoms with E-state index in [0.29, 0.717) is 6.54 Å². The van der Waals surface area contributed by atoms with E-state index in [0.717, 1.165) is 21.4 Å². The maximum atomic E-state index is 13.4. The molecule has 0 aliphatic rings. The van der Waals surface area contributed by atoms with Crippen LogP contribution in [0.1, 0.15) is 12.5 Å². The molecule has 0 bridgehead atoms. The molecule has 3 aromatic rings. The average Bonchev–Trinajstić information content (AvgIpc) is 2.92. The van der Waals surface area contributed by atoms with Crippen LogP contribution in [0.3, 0.4) is 0 Å². The number of ether oxygens (including phenoxy) is 1. The SMILES string of the molecule is COC(=O)C(C)Sc1cn(Cc2cccc(F)c2)c2ccccc12. The second-order valence-electron chi connectivity index (χ2n) is 5.55. The van der Waals surface area contributed by atoms with E-state index in [4.69, 9.17) is 4.74 Å². The number of halogens is 1. The number of hydrogen-bond acceptors (Lipinski definition) is 3. The van der Waals surface area contributed by atoms with Gasteiger partial charge >= 0.3 is 5.97 Å². The van der Waals surface area contributed by atoms with Gasteiger partial charge in [-0.05, 0) is 30.7 Å². The summed E-state index contributed by atoms with van der Waals surface area (Å²) in [4.78, 5) is 12.7. The number of carbonyl (C=O) groups excluding carboxylic acids is 1. The van der Waals surface area contributed by atoms with Gasteiger partial charge in [0, 0.05) is 28.5 Å². The number of benzene rings is 2. The lowest BCUT2D eigenvalue weighted by Crippen LogP contribution is -2.14. The minimum absolute atomic E-state index is 0.238. The van der Waals surface area contributed by atoms with Gasteiger partial charge in [0.05, 0.1) is 7.11 Å². The third kappa shape index (κ3) is 3.46. The summed E-state index contributed by atoms with van der Waals surface area (Å²) in [6.07, 6.45) is 2.01. The molecular weight excluding hydrogens is 325 g/mol. The van der Waals surface area contributed by atoms with Crippen LogP contribution in [-0.2, 0) is 16.1 Å². The summed E-state index contributed by atoms with van der Waals surface area (Å²) in [5.74, 6) is -0.486. The Labute approximate surface area is 144 Å². The van der Waals surface area contributed by atoms with E-state index >= 15 is 0 Å². The summed E-state index contributed by atoms with van der Waals surface area (Å²) in [5, 5.41) is 0.790. The number of thioether (sulfide) groups is 1. The largest absolute Gasteiger partial charge is 0.468 e. The summed E-state index contributed by atoms with van der Waals surface area (Å²) in [6, 6.07) is 14.6. The minimum atomic E-state index is -0.288. The Balaban J connectivity index is 1.95. The standard InChI is InChI=1S/C19H18FNO2S/c1-13(19(22)23-2)24-18-12-21(17-9-4-3-8-16(17)18)11-14-6-5-7-15(20)10-14/h3-10,12-13H,11H2,1-2H3. The fourth-order valence-corrected chi connectivity index (χ4v) is 3.74. The van der Waals surface area contributed by atoms with E-state index in [1.54, 1.807) is 12.1 Å². The second-order valence-corrected chi connectivity index (χ2v) is 6.93. The van der Waals surface area contributed by atoms with Crippen molar-refractivity contribution in [1.82, 2.24) is 4.57 Å². The van der Waals surface area contributed by atoms with Crippen LogP contribution in [0.25, 0.3) is 10.9 Å². The van der Waals surface area contributed by atoms with Crippen LogP contribution in [0.2, 0.25) is 0 Å². The number of esters is 1. The van der Waals surface area contributed by atoms with Crippen molar-refractivity contribution in [2.75, 3.05) is 7.11 Å². The number of methoxy groups -OCH3 is 1. The van der Waals surface area contributed by atoms with E-state index in [2.05, 4.69) is 4.57 Å². The van der Waals surface area contributed by atoms with Gasteiger partial charge in [0.15, 0.2) is 0 Å². The molecule has 0 spiro atoms. The third-order valence-electron chi connectivity index (χ3n) is 3.83. The zero-order chi connectivity index (χ0) is 17.1. The Morgan fingerprint density at radius 3 is 2.79 bits per heavy atom. The Morgan fingerprint density at radius 1 is 1.25 bits per heavy atom. The number of rotatable bonds is 5. The Bertz CT molecular complexity index is 875. The molecule has 3 rings (SSSR count). The van der Waals surface area contributed by atoms with E-state index in [1.165, 1.54) is 24.9 Å². The molecule has 2 aromatic carbocycles. The van der Waals surface area contributed by atoms with Crippen molar-refractivity contribution in [2.45, 2.75) is 23.6 Å². The first-order valence-corrected chi connectivity index (χ1v) is 8.53. The van der Waals surface area contributed by atoms with E-state index < -0.39 is 0 Å². The average molecular weight is 343 g/mol. The highest BCUT2D eigenvalue weighted by Crippen LogP contribution is 2.33. The highest BCUT2D eigenvalue weighted by atomic mass is 32.2. The van der Waals surface area contributed by atoms with Crippen LogP contribution in [0.5, 0.6) is 0 Å². The van der Waals surface area contributed by atoms with Crippen LogP contribution >= 0.6 is 11.8 Å². The van der Waals surface area contributed by atoms with Crippen LogP contribution in [0, 0.1) is 5.82 Å². The van der Waals surface area contributed by atoms with Gasteiger partial charge in [0.1, 0.15) is 11.1 Å². The van der Waals surface area contributed by atoms with Crippen molar-refractivity contribution in [3.63, 3.8) is 0 Å². The lowest BCUT2D eigenvalue weighted by atomic mass is 10.2. The molecule has 1 heterocycles. The maximum absolute atomic E-state index is 13.4. The molecule has 0 fully saturated rings. The molecule has 5 heteroatoms. The first-order chi connectivity index (χ1) is 11.6. The molecule has 1 unspecified atom stereocenters. The highest BCUT2D eigenvalue weighted by Gasteiger charge is 2.18. The number of para-hydroxylation sites is 1. The van der Waals surface area contributed by atoms with Gasteiger partial charge in [0.2, 0.25) is 0 Å². The van der Waals surface area contributed by atoms with Crippen LogP contribution in [0.4, 0.5) is 4.39 Å². The van der Waals surface area contributed by atoms with Crippen molar-refractivity contribution in [1.29, 1.82) is 0 Å². The number of carbonyl (C=O) groups is 1. The number of fused-ring (bicyclic) bond motifs is 1. The number of nitrogens with zero attached hydrogens (tertiary/aromatic N) is 1. The monoisotopic (exact) mass is 343 g/mol. The molecule has 124 valence electrons. The molecule has 0 N–H and O–H groups in total. The summed E-state index contributed by atoms with van der Waals surface area (Å²) < 4.78 is 20.3. The molecule has 0 aliphatic heterocycles. The van der Waals surface area contributed by atoms with Crippen molar-refractivity contribution >= 4 is 28.6 Å². The topological polar surface area (TPSA) is 31.2 Å². The highest BCUT2D eigenvalue weighted by molar-refractivity contribution is 8.00. The fourth-order valence-electron chi connectivity index (χ4n) is 2.67.